The minimum atomic E-state index is -4.56. The predicted octanol–water partition coefficient (Wildman–Crippen LogP) is 3.27. The molecule has 130 valence electrons. The van der Waals surface area contributed by atoms with Gasteiger partial charge in [-0.25, -0.2) is 9.97 Å². The monoisotopic (exact) mass is 385 g/mol. The molecule has 0 aliphatic carbocycles. The second-order valence-electron chi connectivity index (χ2n) is 5.00. The Morgan fingerprint density at radius 1 is 1.16 bits per heavy atom. The first kappa shape index (κ1) is 19.0. The van der Waals surface area contributed by atoms with Crippen LogP contribution in [-0.2, 0) is 37.2 Å². The van der Waals surface area contributed by atoms with Crippen LogP contribution in [0.2, 0.25) is 0 Å². The quantitative estimate of drug-likeness (QED) is 0.647. The van der Waals surface area contributed by atoms with Gasteiger partial charge in [-0.2, -0.15) is 48.6 Å². The van der Waals surface area contributed by atoms with Crippen LogP contribution in [0.1, 0.15) is 11.3 Å². The number of ether oxygens (including phenoxy) is 1. The summed E-state index contributed by atoms with van der Waals surface area (Å²) in [5.41, 5.74) is -0.112. The minimum Gasteiger partial charge on any atom is -0.474 e. The van der Waals surface area contributed by atoms with Crippen LogP contribution in [0.4, 0.5) is 13.2 Å². The van der Waals surface area contributed by atoms with E-state index < -0.39 is 11.9 Å². The molecule has 5 nitrogen and oxygen atoms in total. The van der Waals surface area contributed by atoms with Crippen LogP contribution in [0, 0.1) is 6.07 Å². The van der Waals surface area contributed by atoms with Crippen LogP contribution in [0.15, 0.2) is 42.9 Å². The van der Waals surface area contributed by atoms with Gasteiger partial charge in [-0.3, -0.25) is 4.68 Å². The van der Waals surface area contributed by atoms with Crippen LogP contribution >= 0.6 is 0 Å². The number of aromatic nitrogens is 4. The molecule has 3 aromatic rings. The molecule has 0 unspecified atom stereocenters. The summed E-state index contributed by atoms with van der Waals surface area (Å²) < 4.78 is 45.5. The zero-order valence-electron chi connectivity index (χ0n) is 13.0. The molecule has 0 bridgehead atoms. The first-order valence-electron chi connectivity index (χ1n) is 6.94. The Hall–Kier alpha value is -2.37. The molecule has 0 spiro atoms. The number of alkyl halides is 3. The van der Waals surface area contributed by atoms with Crippen molar-refractivity contribution in [2.45, 2.75) is 12.8 Å². The molecule has 2 aromatic heterocycles. The molecule has 0 radical (unpaired) electrons. The maximum absolute atomic E-state index is 13.0. The summed E-state index contributed by atoms with van der Waals surface area (Å²) in [6.45, 7) is 0.281. The molecule has 0 aliphatic rings. The van der Waals surface area contributed by atoms with E-state index in [0.717, 1.165) is 10.2 Å². The van der Waals surface area contributed by atoms with Crippen molar-refractivity contribution in [1.82, 2.24) is 19.7 Å². The maximum atomic E-state index is 13.0. The summed E-state index contributed by atoms with van der Waals surface area (Å²) in [5, 5.41) is 3.45. The van der Waals surface area contributed by atoms with E-state index >= 15 is 0 Å². The first-order chi connectivity index (χ1) is 11.4. The average molecular weight is 385 g/mol. The van der Waals surface area contributed by atoms with Gasteiger partial charge in [0.15, 0.2) is 5.69 Å². The van der Waals surface area contributed by atoms with Gasteiger partial charge in [0.05, 0.1) is 30.3 Å². The van der Waals surface area contributed by atoms with Crippen LogP contribution in [0.3, 0.4) is 0 Å². The normalized spacial score (nSPS) is 11.0. The zero-order valence-corrected chi connectivity index (χ0v) is 14.3. The van der Waals surface area contributed by atoms with Crippen molar-refractivity contribution in [2.24, 2.45) is 7.05 Å². The molecule has 3 rings (SSSR count). The van der Waals surface area contributed by atoms with E-state index in [9.17, 15) is 13.2 Å². The van der Waals surface area contributed by atoms with E-state index in [1.54, 1.807) is 12.1 Å². The largest absolute Gasteiger partial charge is 0.474 e. The van der Waals surface area contributed by atoms with Gasteiger partial charge in [-0.15, -0.1) is 5.56 Å². The third-order valence-electron chi connectivity index (χ3n) is 3.18. The summed E-state index contributed by atoms with van der Waals surface area (Å²) in [5.74, 6) is 0.226. The number of aryl methyl sites for hydroxylation is 1. The molecule has 1 aromatic carbocycles. The molecule has 25 heavy (non-hydrogen) atoms. The SMILES string of the molecule is Cn1cc(-c2cnc(OCc3cc[c-]cc3)cn2)c(C(F)(F)F)n1.[Cr]. The van der Waals surface area contributed by atoms with Gasteiger partial charge in [0.2, 0.25) is 5.88 Å². The fourth-order valence-corrected chi connectivity index (χ4v) is 2.09. The topological polar surface area (TPSA) is 52.8 Å². The van der Waals surface area contributed by atoms with Crippen molar-refractivity contribution in [3.8, 4) is 17.1 Å². The van der Waals surface area contributed by atoms with E-state index in [4.69, 9.17) is 4.74 Å². The fraction of sp³-hybridized carbons (Fsp3) is 0.188. The van der Waals surface area contributed by atoms with Crippen molar-refractivity contribution in [3.63, 3.8) is 0 Å². The van der Waals surface area contributed by atoms with Crippen molar-refractivity contribution < 1.29 is 35.3 Å². The molecular weight excluding hydrogens is 373 g/mol. The van der Waals surface area contributed by atoms with Crippen molar-refractivity contribution in [1.29, 1.82) is 0 Å². The Morgan fingerprint density at radius 3 is 2.48 bits per heavy atom. The van der Waals surface area contributed by atoms with E-state index in [2.05, 4.69) is 21.1 Å². The van der Waals surface area contributed by atoms with Gasteiger partial charge < -0.3 is 4.74 Å². The number of nitrogens with zero attached hydrogens (tertiary/aromatic N) is 4. The van der Waals surface area contributed by atoms with Crippen molar-refractivity contribution >= 4 is 0 Å². The molecule has 0 aliphatic heterocycles. The Morgan fingerprint density at radius 2 is 1.88 bits per heavy atom. The molecule has 0 atom stereocenters. The molecule has 0 amide bonds. The summed E-state index contributed by atoms with van der Waals surface area (Å²) in [6.07, 6.45) is -0.774. The molecule has 2 heterocycles. The van der Waals surface area contributed by atoms with Crippen LogP contribution in [0.5, 0.6) is 5.88 Å². The molecule has 0 saturated carbocycles. The van der Waals surface area contributed by atoms with E-state index in [0.29, 0.717) is 0 Å². The number of halogens is 3. The number of hydrogen-bond acceptors (Lipinski definition) is 4. The zero-order chi connectivity index (χ0) is 17.2. The van der Waals surface area contributed by atoms with Gasteiger partial charge in [0.25, 0.3) is 0 Å². The molecule has 0 saturated heterocycles. The second kappa shape index (κ2) is 7.68. The van der Waals surface area contributed by atoms with Crippen LogP contribution in [-0.4, -0.2) is 19.7 Å². The van der Waals surface area contributed by atoms with Gasteiger partial charge in [0, 0.05) is 30.6 Å². The van der Waals surface area contributed by atoms with E-state index in [1.165, 1.54) is 25.6 Å². The smallest absolute Gasteiger partial charge is 0.435 e. The van der Waals surface area contributed by atoms with E-state index in [-0.39, 0.29) is 41.1 Å². The van der Waals surface area contributed by atoms with Gasteiger partial charge in [0.1, 0.15) is 0 Å². The van der Waals surface area contributed by atoms with Crippen molar-refractivity contribution in [3.05, 3.63) is 60.2 Å². The maximum Gasteiger partial charge on any atom is 0.435 e. The van der Waals surface area contributed by atoms with Crippen molar-refractivity contribution in [2.75, 3.05) is 0 Å². The van der Waals surface area contributed by atoms with Gasteiger partial charge >= 0.3 is 6.18 Å². The molecule has 9 heteroatoms. The Balaban J connectivity index is 0.00000225. The fourth-order valence-electron chi connectivity index (χ4n) is 2.09. The second-order valence-corrected chi connectivity index (χ2v) is 5.00. The third kappa shape index (κ3) is 4.59. The molecule has 0 N–H and O–H groups in total. The molecular formula is C16H12CrF3N4O-. The van der Waals surface area contributed by atoms with E-state index in [1.807, 2.05) is 12.1 Å². The predicted molar refractivity (Wildman–Crippen MR) is 78.8 cm³/mol. The minimum absolute atomic E-state index is 0. The Bertz CT molecular complexity index is 820. The summed E-state index contributed by atoms with van der Waals surface area (Å²) >= 11 is 0. The van der Waals surface area contributed by atoms with Gasteiger partial charge in [-0.05, 0) is 0 Å². The third-order valence-corrected chi connectivity index (χ3v) is 3.18. The number of rotatable bonds is 4. The van der Waals surface area contributed by atoms with Gasteiger partial charge in [-0.1, -0.05) is 0 Å². The first-order valence-corrected chi connectivity index (χ1v) is 6.94. The summed E-state index contributed by atoms with van der Waals surface area (Å²) in [4.78, 5) is 8.01. The number of benzene rings is 1. The standard InChI is InChI=1S/C16H12F3N4O.Cr/c1-23-9-12(15(22-23)16(17,18)19)13-7-21-14(8-20-13)24-10-11-5-3-2-4-6-11;/h3-9H,10H2,1H3;/q-1;. The average Bonchev–Trinajstić information content (AvgIpc) is 2.97. The number of hydrogen-bond donors (Lipinski definition) is 0. The molecule has 0 fully saturated rings. The van der Waals surface area contributed by atoms with Crippen LogP contribution < -0.4 is 4.74 Å². The Kier molecular flexibility index (Phi) is 5.82. The Labute approximate surface area is 152 Å². The summed E-state index contributed by atoms with van der Waals surface area (Å²) in [6, 6.07) is 10.1. The summed E-state index contributed by atoms with van der Waals surface area (Å²) in [7, 11) is 1.42. The van der Waals surface area contributed by atoms with Crippen LogP contribution in [0.25, 0.3) is 11.3 Å².